The SMILES string of the molecule is CCCNc1cccc(Cn2cnc3sccc3c2=O)n1. The first-order valence-electron chi connectivity index (χ1n) is 6.90. The van der Waals surface area contributed by atoms with Crippen LogP contribution in [-0.2, 0) is 6.54 Å². The van der Waals surface area contributed by atoms with Gasteiger partial charge in [0, 0.05) is 6.54 Å². The Kier molecular flexibility index (Phi) is 3.96. The summed E-state index contributed by atoms with van der Waals surface area (Å²) in [5.74, 6) is 0.840. The molecule has 0 saturated carbocycles. The predicted octanol–water partition coefficient (Wildman–Crippen LogP) is 2.72. The van der Waals surface area contributed by atoms with Crippen LogP contribution in [0, 0.1) is 0 Å². The number of nitrogens with one attached hydrogen (secondary N) is 1. The first-order chi connectivity index (χ1) is 10.3. The molecule has 0 radical (unpaired) electrons. The second-order valence-corrected chi connectivity index (χ2v) is 5.65. The van der Waals surface area contributed by atoms with Gasteiger partial charge in [0.15, 0.2) is 0 Å². The van der Waals surface area contributed by atoms with Gasteiger partial charge in [0.2, 0.25) is 0 Å². The molecule has 0 atom stereocenters. The molecule has 0 saturated heterocycles. The van der Waals surface area contributed by atoms with Gasteiger partial charge in [-0.2, -0.15) is 0 Å². The topological polar surface area (TPSA) is 59.8 Å². The Hall–Kier alpha value is -2.21. The molecule has 0 aliphatic carbocycles. The maximum atomic E-state index is 12.3. The molecule has 0 fully saturated rings. The van der Waals surface area contributed by atoms with Crippen LogP contribution < -0.4 is 10.9 Å². The molecule has 0 unspecified atom stereocenters. The van der Waals surface area contributed by atoms with E-state index in [9.17, 15) is 4.79 Å². The fourth-order valence-corrected chi connectivity index (χ4v) is 2.82. The molecule has 0 amide bonds. The highest BCUT2D eigenvalue weighted by Crippen LogP contribution is 2.13. The van der Waals surface area contributed by atoms with E-state index in [4.69, 9.17) is 0 Å². The van der Waals surface area contributed by atoms with Crippen LogP contribution in [0.25, 0.3) is 10.2 Å². The third-order valence-electron chi connectivity index (χ3n) is 3.15. The third-order valence-corrected chi connectivity index (χ3v) is 3.97. The minimum atomic E-state index is -0.0185. The second kappa shape index (κ2) is 6.05. The van der Waals surface area contributed by atoms with Crippen molar-refractivity contribution in [2.24, 2.45) is 0 Å². The molecular formula is C15H16N4OS. The maximum Gasteiger partial charge on any atom is 0.262 e. The fraction of sp³-hybridized carbons (Fsp3) is 0.267. The molecule has 3 heterocycles. The molecule has 0 aromatic carbocycles. The van der Waals surface area contributed by atoms with Gasteiger partial charge in [0.05, 0.1) is 24.0 Å². The van der Waals surface area contributed by atoms with Gasteiger partial charge in [-0.1, -0.05) is 13.0 Å². The summed E-state index contributed by atoms with van der Waals surface area (Å²) in [6.07, 6.45) is 2.64. The van der Waals surface area contributed by atoms with Crippen LogP contribution in [0.5, 0.6) is 0 Å². The van der Waals surface area contributed by atoms with Crippen LogP contribution in [0.3, 0.4) is 0 Å². The van der Waals surface area contributed by atoms with Crippen molar-refractivity contribution in [2.75, 3.05) is 11.9 Å². The number of hydrogen-bond acceptors (Lipinski definition) is 5. The number of pyridine rings is 1. The molecule has 108 valence electrons. The number of rotatable bonds is 5. The minimum Gasteiger partial charge on any atom is -0.370 e. The van der Waals surface area contributed by atoms with E-state index in [2.05, 4.69) is 22.2 Å². The summed E-state index contributed by atoms with van der Waals surface area (Å²) in [7, 11) is 0. The normalized spacial score (nSPS) is 10.9. The van der Waals surface area contributed by atoms with Crippen LogP contribution in [0.1, 0.15) is 19.0 Å². The minimum absolute atomic E-state index is 0.0185. The van der Waals surface area contributed by atoms with E-state index >= 15 is 0 Å². The molecule has 5 nitrogen and oxygen atoms in total. The maximum absolute atomic E-state index is 12.3. The van der Waals surface area contributed by atoms with E-state index in [0.29, 0.717) is 11.9 Å². The van der Waals surface area contributed by atoms with Crippen molar-refractivity contribution >= 4 is 27.4 Å². The third kappa shape index (κ3) is 2.95. The molecule has 1 N–H and O–H groups in total. The van der Waals surface area contributed by atoms with Gasteiger partial charge in [0.1, 0.15) is 10.6 Å². The summed E-state index contributed by atoms with van der Waals surface area (Å²) in [5, 5.41) is 5.80. The summed E-state index contributed by atoms with van der Waals surface area (Å²) in [4.78, 5) is 21.9. The largest absolute Gasteiger partial charge is 0.370 e. The zero-order valence-electron chi connectivity index (χ0n) is 11.7. The molecule has 0 bridgehead atoms. The highest BCUT2D eigenvalue weighted by molar-refractivity contribution is 7.16. The van der Waals surface area contributed by atoms with E-state index in [1.807, 2.05) is 29.6 Å². The van der Waals surface area contributed by atoms with Gasteiger partial charge in [0.25, 0.3) is 5.56 Å². The van der Waals surface area contributed by atoms with Crippen LogP contribution in [0.2, 0.25) is 0 Å². The lowest BCUT2D eigenvalue weighted by atomic mass is 10.3. The smallest absolute Gasteiger partial charge is 0.262 e. The molecule has 0 aliphatic heterocycles. The van der Waals surface area contributed by atoms with Crippen LogP contribution in [-0.4, -0.2) is 21.1 Å². The lowest BCUT2D eigenvalue weighted by Gasteiger charge is -2.08. The summed E-state index contributed by atoms with van der Waals surface area (Å²) in [5.41, 5.74) is 0.824. The Morgan fingerprint density at radius 1 is 1.33 bits per heavy atom. The Balaban J connectivity index is 1.88. The summed E-state index contributed by atoms with van der Waals surface area (Å²) in [6.45, 7) is 3.43. The summed E-state index contributed by atoms with van der Waals surface area (Å²) >= 11 is 1.48. The average molecular weight is 300 g/mol. The zero-order valence-corrected chi connectivity index (χ0v) is 12.6. The van der Waals surface area contributed by atoms with Crippen molar-refractivity contribution in [1.82, 2.24) is 14.5 Å². The first kappa shape index (κ1) is 13.8. The molecule has 0 spiro atoms. The standard InChI is InChI=1S/C15H16N4OS/c1-2-7-16-13-5-3-4-11(18-13)9-19-10-17-14-12(15(19)20)6-8-21-14/h3-6,8,10H,2,7,9H2,1H3,(H,16,18). The van der Waals surface area contributed by atoms with Gasteiger partial charge in [-0.15, -0.1) is 11.3 Å². The lowest BCUT2D eigenvalue weighted by molar-refractivity contribution is 0.731. The van der Waals surface area contributed by atoms with Crippen molar-refractivity contribution in [2.45, 2.75) is 19.9 Å². The summed E-state index contributed by atoms with van der Waals surface area (Å²) in [6, 6.07) is 7.62. The molecule has 3 aromatic heterocycles. The van der Waals surface area contributed by atoms with Crippen LogP contribution >= 0.6 is 11.3 Å². The van der Waals surface area contributed by atoms with E-state index in [1.54, 1.807) is 10.9 Å². The Morgan fingerprint density at radius 2 is 2.24 bits per heavy atom. The fourth-order valence-electron chi connectivity index (χ4n) is 2.10. The van der Waals surface area contributed by atoms with E-state index in [0.717, 1.165) is 29.3 Å². The molecule has 21 heavy (non-hydrogen) atoms. The van der Waals surface area contributed by atoms with Gasteiger partial charge in [-0.3, -0.25) is 9.36 Å². The van der Waals surface area contributed by atoms with Gasteiger partial charge < -0.3 is 5.32 Å². The van der Waals surface area contributed by atoms with Crippen molar-refractivity contribution in [3.63, 3.8) is 0 Å². The quantitative estimate of drug-likeness (QED) is 0.787. The van der Waals surface area contributed by atoms with Crippen molar-refractivity contribution in [3.05, 3.63) is 52.0 Å². The molecule has 3 aromatic rings. The van der Waals surface area contributed by atoms with E-state index in [1.165, 1.54) is 11.3 Å². The Bertz CT molecular complexity index is 809. The molecule has 6 heteroatoms. The highest BCUT2D eigenvalue weighted by atomic mass is 32.1. The lowest BCUT2D eigenvalue weighted by Crippen LogP contribution is -2.21. The number of nitrogens with zero attached hydrogens (tertiary/aromatic N) is 3. The number of aromatic nitrogens is 3. The van der Waals surface area contributed by atoms with Crippen LogP contribution in [0.15, 0.2) is 40.8 Å². The first-order valence-corrected chi connectivity index (χ1v) is 7.78. The van der Waals surface area contributed by atoms with E-state index in [-0.39, 0.29) is 5.56 Å². The number of hydrogen-bond donors (Lipinski definition) is 1. The van der Waals surface area contributed by atoms with Crippen molar-refractivity contribution in [1.29, 1.82) is 0 Å². The molecule has 0 aliphatic rings. The van der Waals surface area contributed by atoms with E-state index < -0.39 is 0 Å². The summed E-state index contributed by atoms with van der Waals surface area (Å²) < 4.78 is 1.60. The van der Waals surface area contributed by atoms with Crippen molar-refractivity contribution < 1.29 is 0 Å². The Labute approximate surface area is 126 Å². The predicted molar refractivity (Wildman–Crippen MR) is 86.0 cm³/mol. The van der Waals surface area contributed by atoms with Gasteiger partial charge in [-0.25, -0.2) is 9.97 Å². The van der Waals surface area contributed by atoms with Gasteiger partial charge >= 0.3 is 0 Å². The molecular weight excluding hydrogens is 284 g/mol. The number of fused-ring (bicyclic) bond motifs is 1. The molecule has 3 rings (SSSR count). The van der Waals surface area contributed by atoms with Gasteiger partial charge in [-0.05, 0) is 30.0 Å². The monoisotopic (exact) mass is 300 g/mol. The Morgan fingerprint density at radius 3 is 3.10 bits per heavy atom. The zero-order chi connectivity index (χ0) is 14.7. The average Bonchev–Trinajstić information content (AvgIpc) is 2.98. The number of thiophene rings is 1. The second-order valence-electron chi connectivity index (χ2n) is 4.76. The highest BCUT2D eigenvalue weighted by Gasteiger charge is 2.06. The van der Waals surface area contributed by atoms with Crippen LogP contribution in [0.4, 0.5) is 5.82 Å². The van der Waals surface area contributed by atoms with Crippen molar-refractivity contribution in [3.8, 4) is 0 Å². The number of anilines is 1.